The highest BCUT2D eigenvalue weighted by Crippen LogP contribution is 2.51. The van der Waals surface area contributed by atoms with Gasteiger partial charge in [0.2, 0.25) is 5.56 Å². The van der Waals surface area contributed by atoms with Gasteiger partial charge in [0.25, 0.3) is 0 Å². The lowest BCUT2D eigenvalue weighted by Gasteiger charge is -2.45. The Balaban J connectivity index is 1.82. The summed E-state index contributed by atoms with van der Waals surface area (Å²) in [4.78, 5) is 20.1. The molecule has 0 aliphatic heterocycles. The third kappa shape index (κ3) is 3.11. The van der Waals surface area contributed by atoms with Crippen LogP contribution in [0, 0.1) is 5.92 Å². The van der Waals surface area contributed by atoms with Crippen molar-refractivity contribution in [3.05, 3.63) is 99.0 Å². The molecule has 2 atom stereocenters. The molecule has 0 fully saturated rings. The van der Waals surface area contributed by atoms with E-state index >= 15 is 0 Å². The number of rotatable bonds is 3. The topological polar surface area (TPSA) is 45.2 Å². The molecule has 0 saturated heterocycles. The van der Waals surface area contributed by atoms with Gasteiger partial charge in [0, 0.05) is 35.9 Å². The zero-order valence-corrected chi connectivity index (χ0v) is 16.7. The van der Waals surface area contributed by atoms with Crippen molar-refractivity contribution >= 4 is 11.8 Å². The highest BCUT2D eigenvalue weighted by atomic mass is 16.1. The Hall–Kier alpha value is -2.94. The standard InChI is InChI=1S/C25H26N2O/c1-4-21-20-14-17(2)16-25(21,22-10-11-24(28)27-23(22)15-20)26-13-12-18(3)19-8-6-5-7-9-19/h4-14,20H,15-16H2,1-3H3,(H,27,28)/t20-,25+/m0/s1. The number of allylic oxidation sites excluding steroid dienone is 4. The maximum absolute atomic E-state index is 11.9. The zero-order valence-electron chi connectivity index (χ0n) is 16.7. The Morgan fingerprint density at radius 2 is 2.00 bits per heavy atom. The number of H-pyrrole nitrogens is 1. The molecule has 0 spiro atoms. The fourth-order valence-corrected chi connectivity index (χ4v) is 4.73. The lowest BCUT2D eigenvalue weighted by Crippen LogP contribution is -2.40. The molecule has 1 aromatic heterocycles. The molecule has 0 saturated carbocycles. The van der Waals surface area contributed by atoms with Gasteiger partial charge in [0.15, 0.2) is 0 Å². The van der Waals surface area contributed by atoms with Crippen molar-refractivity contribution in [2.75, 3.05) is 0 Å². The molecule has 1 aromatic carbocycles. The van der Waals surface area contributed by atoms with Crippen molar-refractivity contribution in [3.8, 4) is 0 Å². The minimum atomic E-state index is -0.427. The SMILES string of the molecule is CC=C1[C@H]2C=C(C)C[C@]1(N=CC=C(C)c1ccccc1)c1ccc(=O)[nH]c1C2. The molecule has 2 aromatic rings. The smallest absolute Gasteiger partial charge is 0.248 e. The van der Waals surface area contributed by atoms with Gasteiger partial charge in [-0.25, -0.2) is 0 Å². The van der Waals surface area contributed by atoms with E-state index in [0.717, 1.165) is 24.1 Å². The van der Waals surface area contributed by atoms with E-state index in [0.29, 0.717) is 5.92 Å². The maximum atomic E-state index is 11.9. The number of benzene rings is 1. The predicted octanol–water partition coefficient (Wildman–Crippen LogP) is 5.21. The van der Waals surface area contributed by atoms with Crippen molar-refractivity contribution in [3.63, 3.8) is 0 Å². The first-order chi connectivity index (χ1) is 13.5. The van der Waals surface area contributed by atoms with Gasteiger partial charge in [-0.1, -0.05) is 48.1 Å². The van der Waals surface area contributed by atoms with E-state index in [9.17, 15) is 4.79 Å². The van der Waals surface area contributed by atoms with Crippen LogP contribution < -0.4 is 5.56 Å². The average Bonchev–Trinajstić information content (AvgIpc) is 2.67. The van der Waals surface area contributed by atoms with Crippen LogP contribution in [0.25, 0.3) is 5.57 Å². The summed E-state index contributed by atoms with van der Waals surface area (Å²) < 4.78 is 0. The van der Waals surface area contributed by atoms with Crippen LogP contribution in [-0.2, 0) is 12.0 Å². The van der Waals surface area contributed by atoms with E-state index in [2.05, 4.69) is 56.1 Å². The van der Waals surface area contributed by atoms with Crippen molar-refractivity contribution in [1.29, 1.82) is 0 Å². The summed E-state index contributed by atoms with van der Waals surface area (Å²) in [6.45, 7) is 6.39. The number of nitrogens with one attached hydrogen (secondary N) is 1. The fraction of sp³-hybridized carbons (Fsp3) is 0.280. The van der Waals surface area contributed by atoms with Crippen LogP contribution >= 0.6 is 0 Å². The fourth-order valence-electron chi connectivity index (χ4n) is 4.73. The first-order valence-corrected chi connectivity index (χ1v) is 9.87. The van der Waals surface area contributed by atoms with Gasteiger partial charge in [0.1, 0.15) is 5.54 Å². The molecule has 0 amide bonds. The molecule has 4 rings (SSSR count). The zero-order chi connectivity index (χ0) is 19.7. The Bertz CT molecular complexity index is 1070. The quantitative estimate of drug-likeness (QED) is 0.585. The number of hydrogen-bond donors (Lipinski definition) is 1. The Kier molecular flexibility index (Phi) is 4.76. The van der Waals surface area contributed by atoms with Gasteiger partial charge in [-0.15, -0.1) is 0 Å². The van der Waals surface area contributed by atoms with E-state index in [4.69, 9.17) is 4.99 Å². The largest absolute Gasteiger partial charge is 0.326 e. The van der Waals surface area contributed by atoms with Gasteiger partial charge in [-0.2, -0.15) is 0 Å². The molecular formula is C25H26N2O. The van der Waals surface area contributed by atoms with Crippen molar-refractivity contribution in [2.45, 2.75) is 39.2 Å². The highest BCUT2D eigenvalue weighted by Gasteiger charge is 2.46. The Morgan fingerprint density at radius 3 is 2.75 bits per heavy atom. The number of fused-ring (bicyclic) bond motifs is 4. The van der Waals surface area contributed by atoms with Crippen LogP contribution in [0.1, 0.15) is 44.0 Å². The molecule has 2 bridgehead atoms. The van der Waals surface area contributed by atoms with Crippen molar-refractivity contribution in [1.82, 2.24) is 4.98 Å². The molecule has 1 N–H and O–H groups in total. The molecule has 3 heteroatoms. The van der Waals surface area contributed by atoms with Gasteiger partial charge in [-0.05, 0) is 56.0 Å². The van der Waals surface area contributed by atoms with Crippen LogP contribution in [0.4, 0.5) is 0 Å². The third-order valence-corrected chi connectivity index (χ3v) is 5.93. The second-order valence-electron chi connectivity index (χ2n) is 7.81. The average molecular weight is 370 g/mol. The molecule has 0 radical (unpaired) electrons. The van der Waals surface area contributed by atoms with E-state index in [-0.39, 0.29) is 5.56 Å². The number of aromatic nitrogens is 1. The minimum Gasteiger partial charge on any atom is -0.326 e. The van der Waals surface area contributed by atoms with Gasteiger partial charge in [0.05, 0.1) is 0 Å². The van der Waals surface area contributed by atoms with Crippen LogP contribution in [0.2, 0.25) is 0 Å². The molecular weight excluding hydrogens is 344 g/mol. The molecule has 3 nitrogen and oxygen atoms in total. The van der Waals surface area contributed by atoms with Crippen LogP contribution in [0.15, 0.2) is 81.6 Å². The van der Waals surface area contributed by atoms with Crippen LogP contribution in [-0.4, -0.2) is 11.2 Å². The molecule has 1 heterocycles. The van der Waals surface area contributed by atoms with E-state index in [1.165, 1.54) is 22.3 Å². The number of aromatic amines is 1. The second kappa shape index (κ2) is 7.23. The summed E-state index contributed by atoms with van der Waals surface area (Å²) in [5, 5.41) is 0. The lowest BCUT2D eigenvalue weighted by molar-refractivity contribution is 0.413. The van der Waals surface area contributed by atoms with E-state index in [1.807, 2.05) is 30.5 Å². The first kappa shape index (κ1) is 18.4. The molecule has 142 valence electrons. The first-order valence-electron chi connectivity index (χ1n) is 9.87. The Labute approximate surface area is 166 Å². The molecule has 28 heavy (non-hydrogen) atoms. The normalized spacial score (nSPS) is 25.7. The monoisotopic (exact) mass is 370 g/mol. The summed E-state index contributed by atoms with van der Waals surface area (Å²) in [5.74, 6) is 0.292. The molecule has 2 aliphatic carbocycles. The van der Waals surface area contributed by atoms with Crippen molar-refractivity contribution in [2.24, 2.45) is 10.9 Å². The van der Waals surface area contributed by atoms with E-state index < -0.39 is 5.54 Å². The number of pyridine rings is 1. The summed E-state index contributed by atoms with van der Waals surface area (Å²) in [6.07, 6.45) is 10.3. The van der Waals surface area contributed by atoms with Crippen LogP contribution in [0.3, 0.4) is 0 Å². The maximum Gasteiger partial charge on any atom is 0.248 e. The van der Waals surface area contributed by atoms with E-state index in [1.54, 1.807) is 6.07 Å². The van der Waals surface area contributed by atoms with Gasteiger partial charge < -0.3 is 4.98 Å². The minimum absolute atomic E-state index is 0.0413. The third-order valence-electron chi connectivity index (χ3n) is 5.93. The summed E-state index contributed by atoms with van der Waals surface area (Å²) in [6, 6.07) is 13.9. The molecule has 0 unspecified atom stereocenters. The number of hydrogen-bond acceptors (Lipinski definition) is 2. The summed E-state index contributed by atoms with van der Waals surface area (Å²) in [5.41, 5.74) is 6.75. The highest BCUT2D eigenvalue weighted by molar-refractivity contribution is 5.84. The summed E-state index contributed by atoms with van der Waals surface area (Å²) in [7, 11) is 0. The van der Waals surface area contributed by atoms with Crippen molar-refractivity contribution < 1.29 is 0 Å². The Morgan fingerprint density at radius 1 is 1.21 bits per heavy atom. The second-order valence-corrected chi connectivity index (χ2v) is 7.81. The van der Waals surface area contributed by atoms with Gasteiger partial charge in [-0.3, -0.25) is 9.79 Å². The number of nitrogens with zero attached hydrogens (tertiary/aromatic N) is 1. The van der Waals surface area contributed by atoms with Crippen LogP contribution in [0.5, 0.6) is 0 Å². The van der Waals surface area contributed by atoms with Gasteiger partial charge >= 0.3 is 0 Å². The number of aliphatic imine (C=N–C) groups is 1. The lowest BCUT2D eigenvalue weighted by atomic mass is 9.63. The molecule has 2 aliphatic rings. The predicted molar refractivity (Wildman–Crippen MR) is 117 cm³/mol. The summed E-state index contributed by atoms with van der Waals surface area (Å²) >= 11 is 0.